The summed E-state index contributed by atoms with van der Waals surface area (Å²) in [5.74, 6) is 0. The fraction of sp³-hybridized carbons (Fsp3) is 0.250. The largest absolute Gasteiger partial charge is 0.267 e. The highest BCUT2D eigenvalue weighted by molar-refractivity contribution is 7.78. The van der Waals surface area contributed by atoms with Gasteiger partial charge >= 0.3 is 0 Å². The van der Waals surface area contributed by atoms with Crippen molar-refractivity contribution in [2.24, 2.45) is 0 Å². The van der Waals surface area contributed by atoms with Crippen LogP contribution in [0.25, 0.3) is 10.8 Å². The van der Waals surface area contributed by atoms with Gasteiger partial charge in [-0.05, 0) is 29.9 Å². The molecule has 0 radical (unpaired) electrons. The third kappa shape index (κ3) is 2.49. The monoisotopic (exact) mass is 218 g/mol. The number of hydrogen-bond acceptors (Lipinski definition) is 3. The Labute approximate surface area is 95.3 Å². The first-order chi connectivity index (χ1) is 7.42. The zero-order valence-electron chi connectivity index (χ0n) is 8.48. The molecule has 0 saturated heterocycles. The van der Waals surface area contributed by atoms with Gasteiger partial charge in [0.25, 0.3) is 0 Å². The van der Waals surface area contributed by atoms with Crippen molar-refractivity contribution in [3.8, 4) is 0 Å². The minimum atomic E-state index is 0.935. The Balaban J connectivity index is 2.26. The zero-order chi connectivity index (χ0) is 10.5. The highest BCUT2D eigenvalue weighted by Crippen LogP contribution is 2.18. The summed E-state index contributed by atoms with van der Waals surface area (Å²) in [6.07, 6.45) is 5.94. The van der Waals surface area contributed by atoms with Crippen LogP contribution in [0, 0.1) is 0 Å². The van der Waals surface area contributed by atoms with Crippen LogP contribution in [0.2, 0.25) is 0 Å². The molecule has 0 amide bonds. The molecule has 78 valence electrons. The van der Waals surface area contributed by atoms with Crippen LogP contribution >= 0.6 is 12.8 Å². The second-order valence-electron chi connectivity index (χ2n) is 3.53. The molecule has 0 aliphatic heterocycles. The number of nitrogens with zero attached hydrogens (tertiary/aromatic N) is 1. The van der Waals surface area contributed by atoms with Crippen LogP contribution in [0.4, 0.5) is 0 Å². The number of thiol groups is 1. The molecule has 2 nitrogen and oxygen atoms in total. The lowest BCUT2D eigenvalue weighted by molar-refractivity contribution is 0.804. The van der Waals surface area contributed by atoms with Gasteiger partial charge in [0.1, 0.15) is 0 Å². The fourth-order valence-corrected chi connectivity index (χ4v) is 1.92. The van der Waals surface area contributed by atoms with Crippen molar-refractivity contribution in [2.45, 2.75) is 12.8 Å². The van der Waals surface area contributed by atoms with Crippen molar-refractivity contribution in [1.82, 2.24) is 9.71 Å². The summed E-state index contributed by atoms with van der Waals surface area (Å²) in [6.45, 7) is 0.935. The lowest BCUT2D eigenvalue weighted by atomic mass is 10.0. The molecule has 3 heteroatoms. The highest BCUT2D eigenvalue weighted by atomic mass is 32.1. The van der Waals surface area contributed by atoms with E-state index in [0.717, 1.165) is 19.4 Å². The number of nitrogens with one attached hydrogen (secondary N) is 1. The molecule has 1 N–H and O–H groups in total. The minimum absolute atomic E-state index is 0.935. The Morgan fingerprint density at radius 1 is 1.27 bits per heavy atom. The van der Waals surface area contributed by atoms with Crippen LogP contribution in [0.5, 0.6) is 0 Å². The molecule has 2 rings (SSSR count). The molecule has 2 aromatic rings. The Hall–Kier alpha value is -1.06. The number of pyridine rings is 1. The van der Waals surface area contributed by atoms with E-state index in [9.17, 15) is 0 Å². The number of benzene rings is 1. The number of fused-ring (bicyclic) bond motifs is 1. The van der Waals surface area contributed by atoms with E-state index in [1.165, 1.54) is 16.3 Å². The molecule has 0 aliphatic rings. The van der Waals surface area contributed by atoms with Crippen LogP contribution in [0.15, 0.2) is 36.7 Å². The van der Waals surface area contributed by atoms with Gasteiger partial charge in [-0.1, -0.05) is 31.0 Å². The minimum Gasteiger partial charge on any atom is -0.267 e. The maximum absolute atomic E-state index is 4.13. The van der Waals surface area contributed by atoms with Crippen LogP contribution in [-0.4, -0.2) is 11.5 Å². The molecule has 0 spiro atoms. The van der Waals surface area contributed by atoms with E-state index in [4.69, 9.17) is 0 Å². The summed E-state index contributed by atoms with van der Waals surface area (Å²) in [4.78, 5) is 4.13. The van der Waals surface area contributed by atoms with Gasteiger partial charge in [0.15, 0.2) is 0 Å². The predicted octanol–water partition coefficient (Wildman–Crippen LogP) is 2.60. The number of aryl methyl sites for hydroxylation is 1. The second-order valence-corrected chi connectivity index (χ2v) is 3.84. The van der Waals surface area contributed by atoms with Gasteiger partial charge in [-0.15, -0.1) is 0 Å². The van der Waals surface area contributed by atoms with Crippen molar-refractivity contribution in [2.75, 3.05) is 6.54 Å². The normalized spacial score (nSPS) is 10.7. The van der Waals surface area contributed by atoms with Crippen molar-refractivity contribution in [1.29, 1.82) is 0 Å². The molecular formula is C12H14N2S. The van der Waals surface area contributed by atoms with E-state index < -0.39 is 0 Å². The number of hydrogen-bond donors (Lipinski definition) is 2. The van der Waals surface area contributed by atoms with E-state index in [-0.39, 0.29) is 0 Å². The van der Waals surface area contributed by atoms with Gasteiger partial charge in [-0.2, -0.15) is 0 Å². The molecule has 0 saturated carbocycles. The van der Waals surface area contributed by atoms with Crippen molar-refractivity contribution < 1.29 is 0 Å². The molecule has 1 heterocycles. The van der Waals surface area contributed by atoms with Gasteiger partial charge in [-0.3, -0.25) is 9.71 Å². The van der Waals surface area contributed by atoms with Crippen LogP contribution in [-0.2, 0) is 6.42 Å². The lowest BCUT2D eigenvalue weighted by Crippen LogP contribution is -2.02. The Bertz CT molecular complexity index is 437. The van der Waals surface area contributed by atoms with Crippen LogP contribution < -0.4 is 4.72 Å². The summed E-state index contributed by atoms with van der Waals surface area (Å²) in [6, 6.07) is 8.45. The van der Waals surface area contributed by atoms with E-state index in [0.29, 0.717) is 0 Å². The zero-order valence-corrected chi connectivity index (χ0v) is 9.37. The molecule has 15 heavy (non-hydrogen) atoms. The van der Waals surface area contributed by atoms with E-state index in [1.54, 1.807) is 0 Å². The first kappa shape index (κ1) is 10.5. The maximum atomic E-state index is 4.13. The fourth-order valence-electron chi connectivity index (χ4n) is 1.77. The molecule has 0 aliphatic carbocycles. The molecule has 1 aromatic carbocycles. The summed E-state index contributed by atoms with van der Waals surface area (Å²) in [5.41, 5.74) is 1.39. The number of rotatable bonds is 4. The van der Waals surface area contributed by atoms with Crippen molar-refractivity contribution in [3.05, 3.63) is 42.2 Å². The summed E-state index contributed by atoms with van der Waals surface area (Å²) < 4.78 is 2.87. The van der Waals surface area contributed by atoms with Crippen LogP contribution in [0.1, 0.15) is 12.0 Å². The number of aromatic nitrogens is 1. The standard InChI is InChI=1S/C12H14N2S/c15-14-7-2-5-10-3-1-4-11-9-13-8-6-12(10)11/h1,3-4,6,8-9,14-15H,2,5,7H2. The maximum Gasteiger partial charge on any atom is 0.0346 e. The van der Waals surface area contributed by atoms with E-state index >= 15 is 0 Å². The quantitative estimate of drug-likeness (QED) is 0.609. The molecule has 0 bridgehead atoms. The highest BCUT2D eigenvalue weighted by Gasteiger charge is 1.99. The van der Waals surface area contributed by atoms with E-state index in [1.807, 2.05) is 12.4 Å². The molecule has 0 atom stereocenters. The topological polar surface area (TPSA) is 24.9 Å². The summed E-state index contributed by atoms with van der Waals surface area (Å²) in [7, 11) is 0. The summed E-state index contributed by atoms with van der Waals surface area (Å²) in [5, 5.41) is 2.53. The Morgan fingerprint density at radius 3 is 3.07 bits per heavy atom. The molecule has 1 aromatic heterocycles. The third-order valence-corrected chi connectivity index (χ3v) is 2.73. The summed E-state index contributed by atoms with van der Waals surface area (Å²) >= 11 is 3.98. The van der Waals surface area contributed by atoms with Gasteiger partial charge in [0, 0.05) is 24.3 Å². The average Bonchev–Trinajstić information content (AvgIpc) is 2.30. The smallest absolute Gasteiger partial charge is 0.0346 e. The predicted molar refractivity (Wildman–Crippen MR) is 67.1 cm³/mol. The van der Waals surface area contributed by atoms with Crippen molar-refractivity contribution in [3.63, 3.8) is 0 Å². The van der Waals surface area contributed by atoms with Gasteiger partial charge in [0.05, 0.1) is 0 Å². The third-order valence-electron chi connectivity index (χ3n) is 2.51. The first-order valence-electron chi connectivity index (χ1n) is 5.10. The lowest BCUT2D eigenvalue weighted by Gasteiger charge is -2.05. The average molecular weight is 218 g/mol. The first-order valence-corrected chi connectivity index (χ1v) is 5.55. The van der Waals surface area contributed by atoms with E-state index in [2.05, 4.69) is 46.8 Å². The Kier molecular flexibility index (Phi) is 3.59. The van der Waals surface area contributed by atoms with Crippen LogP contribution in [0.3, 0.4) is 0 Å². The molecule has 0 fully saturated rings. The van der Waals surface area contributed by atoms with Gasteiger partial charge < -0.3 is 0 Å². The Morgan fingerprint density at radius 2 is 2.20 bits per heavy atom. The molecule has 0 unspecified atom stereocenters. The van der Waals surface area contributed by atoms with Gasteiger partial charge in [0.2, 0.25) is 0 Å². The second kappa shape index (κ2) is 5.14. The SMILES string of the molecule is SNCCCc1cccc2cnccc12. The van der Waals surface area contributed by atoms with Crippen molar-refractivity contribution >= 4 is 23.6 Å². The molecular weight excluding hydrogens is 204 g/mol. The van der Waals surface area contributed by atoms with Gasteiger partial charge in [-0.25, -0.2) is 0 Å².